The molecule has 0 heteroatoms. The minimum Gasteiger partial charge on any atom is -0.0616 e. The third kappa shape index (κ3) is 2.39. The highest BCUT2D eigenvalue weighted by Gasteiger charge is 2.03. The minimum absolute atomic E-state index is 0.570. The van der Waals surface area contributed by atoms with Crippen LogP contribution in [0.4, 0.5) is 0 Å². The van der Waals surface area contributed by atoms with E-state index >= 15 is 0 Å². The summed E-state index contributed by atoms with van der Waals surface area (Å²) in [6.45, 7) is 4.47. The molecule has 0 fully saturated rings. The molecule has 0 nitrogen and oxygen atoms in total. The van der Waals surface area contributed by atoms with E-state index < -0.39 is 0 Å². The molecule has 0 aliphatic heterocycles. The van der Waals surface area contributed by atoms with Crippen LogP contribution in [-0.4, -0.2) is 0 Å². The van der Waals surface area contributed by atoms with E-state index in [0.717, 1.165) is 0 Å². The molecule has 0 heterocycles. The maximum absolute atomic E-state index is 2.30. The molecule has 3 aromatic carbocycles. The average Bonchev–Trinajstić information content (AvgIpc) is 2.47. The van der Waals surface area contributed by atoms with Gasteiger partial charge in [0, 0.05) is 0 Å². The average molecular weight is 246 g/mol. The van der Waals surface area contributed by atoms with Crippen molar-refractivity contribution in [2.75, 3.05) is 0 Å². The lowest BCUT2D eigenvalue weighted by molar-refractivity contribution is 0.867. The lowest BCUT2D eigenvalue weighted by Gasteiger charge is -2.09. The SMILES string of the molecule is CC(C)c1cccc(-c2ccc3ccccc3c2)c1. The van der Waals surface area contributed by atoms with Crippen molar-refractivity contribution in [1.29, 1.82) is 0 Å². The summed E-state index contributed by atoms with van der Waals surface area (Å²) in [6.07, 6.45) is 0. The Hall–Kier alpha value is -2.08. The Kier molecular flexibility index (Phi) is 3.08. The van der Waals surface area contributed by atoms with Gasteiger partial charge in [0.25, 0.3) is 0 Å². The lowest BCUT2D eigenvalue weighted by atomic mass is 9.96. The van der Waals surface area contributed by atoms with E-state index in [2.05, 4.69) is 80.6 Å². The van der Waals surface area contributed by atoms with E-state index in [1.165, 1.54) is 27.5 Å². The van der Waals surface area contributed by atoms with Gasteiger partial charge in [-0.1, -0.05) is 74.5 Å². The van der Waals surface area contributed by atoms with E-state index in [1.54, 1.807) is 0 Å². The fourth-order valence-corrected chi connectivity index (χ4v) is 2.45. The van der Waals surface area contributed by atoms with Gasteiger partial charge in [-0.3, -0.25) is 0 Å². The molecule has 19 heavy (non-hydrogen) atoms. The molecule has 0 bridgehead atoms. The van der Waals surface area contributed by atoms with Gasteiger partial charge in [0.05, 0.1) is 0 Å². The second-order valence-electron chi connectivity index (χ2n) is 5.34. The van der Waals surface area contributed by atoms with Crippen LogP contribution in [0.2, 0.25) is 0 Å². The van der Waals surface area contributed by atoms with Crippen LogP contribution in [0.25, 0.3) is 21.9 Å². The number of fused-ring (bicyclic) bond motifs is 1. The lowest BCUT2D eigenvalue weighted by Crippen LogP contribution is -1.87. The van der Waals surface area contributed by atoms with Crippen molar-refractivity contribution in [2.45, 2.75) is 19.8 Å². The summed E-state index contributed by atoms with van der Waals surface area (Å²) in [6, 6.07) is 24.0. The Balaban J connectivity index is 2.11. The van der Waals surface area contributed by atoms with Gasteiger partial charge in [0.2, 0.25) is 0 Å². The van der Waals surface area contributed by atoms with E-state index in [4.69, 9.17) is 0 Å². The van der Waals surface area contributed by atoms with Gasteiger partial charge in [0.1, 0.15) is 0 Å². The van der Waals surface area contributed by atoms with Gasteiger partial charge in [0.15, 0.2) is 0 Å². The molecule has 94 valence electrons. The third-order valence-electron chi connectivity index (χ3n) is 3.64. The van der Waals surface area contributed by atoms with Crippen LogP contribution in [0.1, 0.15) is 25.3 Å². The smallest absolute Gasteiger partial charge is 0.0178 e. The number of hydrogen-bond donors (Lipinski definition) is 0. The van der Waals surface area contributed by atoms with Gasteiger partial charge >= 0.3 is 0 Å². The zero-order valence-electron chi connectivity index (χ0n) is 11.4. The van der Waals surface area contributed by atoms with Crippen LogP contribution < -0.4 is 0 Å². The van der Waals surface area contributed by atoms with Gasteiger partial charge in [-0.15, -0.1) is 0 Å². The van der Waals surface area contributed by atoms with E-state index in [1.807, 2.05) is 0 Å². The summed E-state index contributed by atoms with van der Waals surface area (Å²) in [5.41, 5.74) is 3.99. The molecule has 0 unspecified atom stereocenters. The molecular weight excluding hydrogens is 228 g/mol. The molecule has 0 aliphatic carbocycles. The molecular formula is C19H18. The molecule has 0 amide bonds. The van der Waals surface area contributed by atoms with Crippen molar-refractivity contribution >= 4 is 10.8 Å². The summed E-state index contributed by atoms with van der Waals surface area (Å²) < 4.78 is 0. The highest BCUT2D eigenvalue weighted by atomic mass is 14.1. The summed E-state index contributed by atoms with van der Waals surface area (Å²) in [5, 5.41) is 2.60. The first-order valence-electron chi connectivity index (χ1n) is 6.83. The standard InChI is InChI=1S/C19H18/c1-14(2)16-8-5-9-18(12-16)19-11-10-15-6-3-4-7-17(15)13-19/h3-14H,1-2H3. The number of benzene rings is 3. The normalized spacial score (nSPS) is 11.1. The molecule has 0 saturated carbocycles. The fourth-order valence-electron chi connectivity index (χ4n) is 2.45. The number of hydrogen-bond acceptors (Lipinski definition) is 0. The van der Waals surface area contributed by atoms with Crippen molar-refractivity contribution in [2.24, 2.45) is 0 Å². The maximum Gasteiger partial charge on any atom is -0.0178 e. The highest BCUT2D eigenvalue weighted by Crippen LogP contribution is 2.26. The van der Waals surface area contributed by atoms with Crippen LogP contribution in [0, 0.1) is 0 Å². The third-order valence-corrected chi connectivity index (χ3v) is 3.64. The molecule has 0 radical (unpaired) electrons. The van der Waals surface area contributed by atoms with Crippen LogP contribution in [0.15, 0.2) is 66.7 Å². The predicted octanol–water partition coefficient (Wildman–Crippen LogP) is 5.63. The summed E-state index contributed by atoms with van der Waals surface area (Å²) in [7, 11) is 0. The maximum atomic E-state index is 2.30. The fraction of sp³-hybridized carbons (Fsp3) is 0.158. The molecule has 0 aromatic heterocycles. The van der Waals surface area contributed by atoms with Crippen molar-refractivity contribution in [3.05, 3.63) is 72.3 Å². The van der Waals surface area contributed by atoms with Crippen LogP contribution in [-0.2, 0) is 0 Å². The van der Waals surface area contributed by atoms with Crippen molar-refractivity contribution in [3.8, 4) is 11.1 Å². The van der Waals surface area contributed by atoms with E-state index in [9.17, 15) is 0 Å². The van der Waals surface area contributed by atoms with Gasteiger partial charge < -0.3 is 0 Å². The highest BCUT2D eigenvalue weighted by molar-refractivity contribution is 5.87. The van der Waals surface area contributed by atoms with Crippen molar-refractivity contribution < 1.29 is 0 Å². The van der Waals surface area contributed by atoms with E-state index in [-0.39, 0.29) is 0 Å². The monoisotopic (exact) mass is 246 g/mol. The van der Waals surface area contributed by atoms with Crippen LogP contribution >= 0.6 is 0 Å². The summed E-state index contributed by atoms with van der Waals surface area (Å²) in [5.74, 6) is 0.570. The molecule has 0 saturated heterocycles. The Bertz CT molecular complexity index is 708. The second-order valence-corrected chi connectivity index (χ2v) is 5.34. The zero-order chi connectivity index (χ0) is 13.2. The largest absolute Gasteiger partial charge is 0.0616 e. The van der Waals surface area contributed by atoms with Crippen LogP contribution in [0.5, 0.6) is 0 Å². The van der Waals surface area contributed by atoms with Crippen molar-refractivity contribution in [3.63, 3.8) is 0 Å². The van der Waals surface area contributed by atoms with Gasteiger partial charge in [-0.25, -0.2) is 0 Å². The van der Waals surface area contributed by atoms with E-state index in [0.29, 0.717) is 5.92 Å². The molecule has 3 aromatic rings. The number of rotatable bonds is 2. The Labute approximate surface area is 114 Å². The first kappa shape index (κ1) is 12.0. The van der Waals surface area contributed by atoms with Gasteiger partial charge in [-0.2, -0.15) is 0 Å². The topological polar surface area (TPSA) is 0 Å². The zero-order valence-corrected chi connectivity index (χ0v) is 11.4. The first-order chi connectivity index (χ1) is 9.24. The molecule has 0 N–H and O–H groups in total. The molecule has 0 spiro atoms. The first-order valence-corrected chi connectivity index (χ1v) is 6.83. The second kappa shape index (κ2) is 4.89. The Morgan fingerprint density at radius 1 is 0.632 bits per heavy atom. The Morgan fingerprint density at radius 2 is 1.37 bits per heavy atom. The molecule has 0 aliphatic rings. The summed E-state index contributed by atoms with van der Waals surface area (Å²) in [4.78, 5) is 0. The van der Waals surface area contributed by atoms with Gasteiger partial charge in [-0.05, 0) is 39.4 Å². The van der Waals surface area contributed by atoms with Crippen LogP contribution in [0.3, 0.4) is 0 Å². The summed E-state index contributed by atoms with van der Waals surface area (Å²) >= 11 is 0. The molecule has 3 rings (SSSR count). The Morgan fingerprint density at radius 3 is 2.16 bits per heavy atom. The van der Waals surface area contributed by atoms with Crippen molar-refractivity contribution in [1.82, 2.24) is 0 Å². The molecule has 0 atom stereocenters. The quantitative estimate of drug-likeness (QED) is 0.549. The minimum atomic E-state index is 0.570. The predicted molar refractivity (Wildman–Crippen MR) is 83.5 cm³/mol.